The molecule has 0 aromatic heterocycles. The second-order valence-corrected chi connectivity index (χ2v) is 10.4. The first-order valence-electron chi connectivity index (χ1n) is 11.9. The molecule has 1 heterocycles. The fourth-order valence-electron chi connectivity index (χ4n) is 5.02. The second kappa shape index (κ2) is 10.8. The third-order valence-electron chi connectivity index (χ3n) is 6.77. The molecule has 0 spiro atoms. The number of rotatable bonds is 2. The van der Waals surface area contributed by atoms with Crippen molar-refractivity contribution in [3.8, 4) is 0 Å². The number of nitrogens with zero attached hydrogens (tertiary/aromatic N) is 1. The van der Waals surface area contributed by atoms with E-state index in [0.717, 1.165) is 38.8 Å². The molecule has 0 bridgehead atoms. The molecule has 0 unspecified atom stereocenters. The van der Waals surface area contributed by atoms with Crippen molar-refractivity contribution in [2.75, 3.05) is 20.1 Å². The molecule has 0 atom stereocenters. The normalized spacial score (nSPS) is 19.2. The minimum absolute atomic E-state index is 0.0428. The van der Waals surface area contributed by atoms with Crippen molar-refractivity contribution in [3.05, 3.63) is 76.4 Å². The number of benzene rings is 2. The Morgan fingerprint density at radius 1 is 0.848 bits per heavy atom. The van der Waals surface area contributed by atoms with E-state index >= 15 is 0 Å². The van der Waals surface area contributed by atoms with Crippen LogP contribution in [0.4, 0.5) is 0 Å². The third-order valence-corrected chi connectivity index (χ3v) is 7.40. The lowest BCUT2D eigenvalue weighted by molar-refractivity contribution is 0.313. The summed E-state index contributed by atoms with van der Waals surface area (Å²) >= 11 is 0. The molecule has 1 saturated carbocycles. The second-order valence-electron chi connectivity index (χ2n) is 9.22. The summed E-state index contributed by atoms with van der Waals surface area (Å²) in [5.41, 5.74) is 8.54. The number of hydrogen-bond acceptors (Lipinski definition) is 3. The molecule has 6 heteroatoms. The third kappa shape index (κ3) is 6.42. The highest BCUT2D eigenvalue weighted by atomic mass is 32.2. The lowest BCUT2D eigenvalue weighted by atomic mass is 9.86. The maximum atomic E-state index is 10.3. The van der Waals surface area contributed by atoms with Crippen LogP contribution in [0.5, 0.6) is 0 Å². The molecule has 5 rings (SSSR count). The predicted octanol–water partition coefficient (Wildman–Crippen LogP) is 5.41. The Balaban J connectivity index is 0.000000200. The first-order chi connectivity index (χ1) is 15.9. The van der Waals surface area contributed by atoms with E-state index in [-0.39, 0.29) is 6.04 Å². The summed E-state index contributed by atoms with van der Waals surface area (Å²) < 4.78 is 31.3. The summed E-state index contributed by atoms with van der Waals surface area (Å²) in [5, 5.41) is 0. The van der Waals surface area contributed by atoms with Gasteiger partial charge >= 0.3 is 10.3 Å². The molecule has 2 aliphatic carbocycles. The largest absolute Gasteiger partial charge is 0.333 e. The Kier molecular flexibility index (Phi) is 7.81. The number of likely N-dealkylation sites (tertiary alicyclic amines) is 1. The van der Waals surface area contributed by atoms with E-state index in [1.807, 2.05) is 0 Å². The smallest absolute Gasteiger partial charge is 0.306 e. The van der Waals surface area contributed by atoms with Gasteiger partial charge in [0.25, 0.3) is 0 Å². The minimum Gasteiger partial charge on any atom is -0.306 e. The highest BCUT2D eigenvalue weighted by Crippen LogP contribution is 2.38. The van der Waals surface area contributed by atoms with Gasteiger partial charge in [0.1, 0.15) is 0 Å². The zero-order chi connectivity index (χ0) is 23.3. The first-order valence-corrected chi connectivity index (χ1v) is 13.4. The van der Waals surface area contributed by atoms with E-state index < -0.39 is 10.3 Å². The Bertz CT molecular complexity index is 1070. The van der Waals surface area contributed by atoms with Gasteiger partial charge in [-0.3, -0.25) is 4.55 Å². The zero-order valence-electron chi connectivity index (χ0n) is 19.3. The maximum Gasteiger partial charge on any atom is 0.333 e. The van der Waals surface area contributed by atoms with E-state index in [1.54, 1.807) is 5.57 Å². The number of piperidine rings is 1. The van der Waals surface area contributed by atoms with Gasteiger partial charge in [-0.25, -0.2) is 0 Å². The standard InChI is InChI=1S/C21H21N.C6H13NO3S/c1-22-14-12-18(13-15-22)21-19-8-4-2-6-16(19)10-11-17-7-3-5-9-20(17)21;8-11(9,10)7-6-4-2-1-3-5-6/h2-11H,12-15H2,1H3;6-7H,1-5H2,(H,8,9,10). The lowest BCUT2D eigenvalue weighted by Crippen LogP contribution is -2.35. The average molecular weight is 467 g/mol. The SMILES string of the molecule is CN1CCC(=C2c3ccccc3C=Cc3ccccc32)CC1.O=S(=O)(O)NC1CCCCC1. The predicted molar refractivity (Wildman–Crippen MR) is 136 cm³/mol. The van der Waals surface area contributed by atoms with Crippen LogP contribution in [0.1, 0.15) is 67.2 Å². The molecule has 33 heavy (non-hydrogen) atoms. The fourth-order valence-corrected chi connectivity index (χ4v) is 5.67. The van der Waals surface area contributed by atoms with Crippen LogP contribution >= 0.6 is 0 Å². The molecule has 2 aromatic rings. The van der Waals surface area contributed by atoms with Crippen LogP contribution in [-0.2, 0) is 10.3 Å². The Hall–Kier alpha value is -2.25. The minimum atomic E-state index is -3.97. The van der Waals surface area contributed by atoms with Crippen molar-refractivity contribution < 1.29 is 13.0 Å². The van der Waals surface area contributed by atoms with Gasteiger partial charge in [-0.2, -0.15) is 13.1 Å². The molecule has 176 valence electrons. The van der Waals surface area contributed by atoms with Crippen molar-refractivity contribution in [2.24, 2.45) is 0 Å². The molecule has 2 fully saturated rings. The van der Waals surface area contributed by atoms with Crippen LogP contribution in [-0.4, -0.2) is 44.0 Å². The Labute approximate surface area is 198 Å². The summed E-state index contributed by atoms with van der Waals surface area (Å²) in [7, 11) is -1.75. The lowest BCUT2D eigenvalue weighted by Gasteiger charge is -2.27. The van der Waals surface area contributed by atoms with Crippen molar-refractivity contribution in [1.29, 1.82) is 0 Å². The van der Waals surface area contributed by atoms with E-state index in [2.05, 4.69) is 77.4 Å². The van der Waals surface area contributed by atoms with Crippen LogP contribution in [0.3, 0.4) is 0 Å². The quantitative estimate of drug-likeness (QED) is 0.496. The van der Waals surface area contributed by atoms with Gasteiger partial charge in [-0.1, -0.05) is 85.5 Å². The monoisotopic (exact) mass is 466 g/mol. The molecule has 0 radical (unpaired) electrons. The first kappa shape index (κ1) is 23.9. The molecule has 5 nitrogen and oxygen atoms in total. The summed E-state index contributed by atoms with van der Waals surface area (Å²) in [6.45, 7) is 2.33. The highest BCUT2D eigenvalue weighted by Gasteiger charge is 2.21. The fraction of sp³-hybridized carbons (Fsp3) is 0.407. The van der Waals surface area contributed by atoms with E-state index in [0.29, 0.717) is 0 Å². The Morgan fingerprint density at radius 2 is 1.36 bits per heavy atom. The van der Waals surface area contributed by atoms with Gasteiger partial charge < -0.3 is 4.90 Å². The van der Waals surface area contributed by atoms with E-state index in [4.69, 9.17) is 4.55 Å². The van der Waals surface area contributed by atoms with Gasteiger partial charge in [-0.15, -0.1) is 0 Å². The summed E-state index contributed by atoms with van der Waals surface area (Å²) in [5.74, 6) is 0. The molecular weight excluding hydrogens is 432 g/mol. The molecule has 2 N–H and O–H groups in total. The van der Waals surface area contributed by atoms with Gasteiger partial charge in [-0.05, 0) is 60.6 Å². The molecule has 1 saturated heterocycles. The molecular formula is C27H34N2O3S. The van der Waals surface area contributed by atoms with Gasteiger partial charge in [0.2, 0.25) is 0 Å². The molecule has 3 aliphatic rings. The van der Waals surface area contributed by atoms with Gasteiger partial charge in [0.05, 0.1) is 0 Å². The average Bonchev–Trinajstić information content (AvgIpc) is 2.97. The number of hydrogen-bond donors (Lipinski definition) is 2. The van der Waals surface area contributed by atoms with Crippen molar-refractivity contribution in [1.82, 2.24) is 9.62 Å². The van der Waals surface area contributed by atoms with Gasteiger partial charge in [0.15, 0.2) is 0 Å². The number of nitrogens with one attached hydrogen (secondary N) is 1. The highest BCUT2D eigenvalue weighted by molar-refractivity contribution is 7.83. The van der Waals surface area contributed by atoms with E-state index in [1.165, 1.54) is 47.1 Å². The summed E-state index contributed by atoms with van der Waals surface area (Å²) in [6, 6.07) is 17.6. The molecule has 1 aliphatic heterocycles. The Morgan fingerprint density at radius 3 is 1.88 bits per heavy atom. The van der Waals surface area contributed by atoms with Crippen LogP contribution in [0.2, 0.25) is 0 Å². The van der Waals surface area contributed by atoms with Crippen molar-refractivity contribution >= 4 is 28.0 Å². The molecule has 2 aromatic carbocycles. The van der Waals surface area contributed by atoms with Crippen molar-refractivity contribution in [3.63, 3.8) is 0 Å². The van der Waals surface area contributed by atoms with Gasteiger partial charge in [0, 0.05) is 19.1 Å². The zero-order valence-corrected chi connectivity index (χ0v) is 20.2. The summed E-state index contributed by atoms with van der Waals surface area (Å²) in [6.07, 6.45) is 11.8. The van der Waals surface area contributed by atoms with Crippen LogP contribution < -0.4 is 4.72 Å². The number of fused-ring (bicyclic) bond motifs is 2. The van der Waals surface area contributed by atoms with Crippen LogP contribution in [0.25, 0.3) is 17.7 Å². The maximum absolute atomic E-state index is 10.3. The summed E-state index contributed by atoms with van der Waals surface area (Å²) in [4.78, 5) is 2.43. The van der Waals surface area contributed by atoms with E-state index in [9.17, 15) is 8.42 Å². The van der Waals surface area contributed by atoms with Crippen LogP contribution in [0, 0.1) is 0 Å². The molecule has 0 amide bonds. The van der Waals surface area contributed by atoms with Crippen LogP contribution in [0.15, 0.2) is 54.1 Å². The topological polar surface area (TPSA) is 69.6 Å². The van der Waals surface area contributed by atoms with Crippen molar-refractivity contribution in [2.45, 2.75) is 51.0 Å².